The van der Waals surface area contributed by atoms with Crippen LogP contribution in [0.3, 0.4) is 0 Å². The average molecular weight is 276 g/mol. The molecule has 1 aliphatic carbocycles. The van der Waals surface area contributed by atoms with E-state index in [0.717, 1.165) is 23.7 Å². The number of hydrogen-bond donors (Lipinski definition) is 2. The van der Waals surface area contributed by atoms with Gasteiger partial charge >= 0.3 is 0 Å². The highest BCUT2D eigenvalue weighted by atomic mass is 16.5. The van der Waals surface area contributed by atoms with Crippen molar-refractivity contribution in [3.63, 3.8) is 0 Å². The molecule has 0 heterocycles. The fourth-order valence-corrected chi connectivity index (χ4v) is 2.95. The van der Waals surface area contributed by atoms with Crippen LogP contribution in [0.15, 0.2) is 18.2 Å². The van der Waals surface area contributed by atoms with Gasteiger partial charge in [0.2, 0.25) is 0 Å². The molecule has 1 fully saturated rings. The summed E-state index contributed by atoms with van der Waals surface area (Å²) in [4.78, 5) is 0. The first-order chi connectivity index (χ1) is 9.50. The molecule has 0 atom stereocenters. The molecule has 0 bridgehead atoms. The molecule has 0 saturated heterocycles. The molecule has 112 valence electrons. The molecule has 0 radical (unpaired) electrons. The minimum Gasteiger partial charge on any atom is -0.489 e. The molecule has 2 rings (SSSR count). The van der Waals surface area contributed by atoms with Gasteiger partial charge in [0.15, 0.2) is 0 Å². The lowest BCUT2D eigenvalue weighted by Gasteiger charge is -2.34. The average Bonchev–Trinajstić information content (AvgIpc) is 2.40. The van der Waals surface area contributed by atoms with Crippen LogP contribution >= 0.6 is 0 Å². The van der Waals surface area contributed by atoms with Gasteiger partial charge in [0.25, 0.3) is 0 Å². The fourth-order valence-electron chi connectivity index (χ4n) is 2.95. The summed E-state index contributed by atoms with van der Waals surface area (Å²) in [5.41, 5.74) is 8.32. The summed E-state index contributed by atoms with van der Waals surface area (Å²) in [5.74, 6) is 0.777. The van der Waals surface area contributed by atoms with E-state index in [2.05, 4.69) is 12.2 Å². The minimum absolute atomic E-state index is 0.142. The van der Waals surface area contributed by atoms with Crippen molar-refractivity contribution in [3.8, 4) is 5.75 Å². The third kappa shape index (κ3) is 3.81. The summed E-state index contributed by atoms with van der Waals surface area (Å²) in [6.07, 6.45) is 6.84. The van der Waals surface area contributed by atoms with Crippen LogP contribution < -0.4 is 15.8 Å². The van der Waals surface area contributed by atoms with Gasteiger partial charge in [-0.3, -0.25) is 0 Å². The van der Waals surface area contributed by atoms with Gasteiger partial charge in [-0.15, -0.1) is 0 Å². The standard InChI is InChI=1S/C17H28N2O/c1-13(2)20-15-9-7-8-14(16(15)18)19-12-17(3)10-5-4-6-11-17/h7-9,13,19H,4-6,10-12,18H2,1-3H3. The lowest BCUT2D eigenvalue weighted by molar-refractivity contribution is 0.233. The van der Waals surface area contributed by atoms with Crippen molar-refractivity contribution < 1.29 is 4.74 Å². The van der Waals surface area contributed by atoms with Gasteiger partial charge in [-0.2, -0.15) is 0 Å². The van der Waals surface area contributed by atoms with Crippen LogP contribution in [-0.2, 0) is 0 Å². The van der Waals surface area contributed by atoms with Gasteiger partial charge < -0.3 is 15.8 Å². The van der Waals surface area contributed by atoms with Gasteiger partial charge in [0.1, 0.15) is 5.75 Å². The highest BCUT2D eigenvalue weighted by molar-refractivity contribution is 5.73. The van der Waals surface area contributed by atoms with E-state index in [0.29, 0.717) is 5.41 Å². The predicted octanol–water partition coefficient (Wildman–Crippen LogP) is 4.44. The highest BCUT2D eigenvalue weighted by Gasteiger charge is 2.26. The van der Waals surface area contributed by atoms with Crippen LogP contribution in [0.5, 0.6) is 5.75 Å². The summed E-state index contributed by atoms with van der Waals surface area (Å²) >= 11 is 0. The first-order valence-electron chi connectivity index (χ1n) is 7.79. The normalized spacial score (nSPS) is 18.0. The van der Waals surface area contributed by atoms with E-state index in [1.165, 1.54) is 32.1 Å². The molecule has 0 aliphatic heterocycles. The van der Waals surface area contributed by atoms with Crippen molar-refractivity contribution in [2.75, 3.05) is 17.6 Å². The van der Waals surface area contributed by atoms with Crippen molar-refractivity contribution >= 4 is 11.4 Å². The molecule has 0 amide bonds. The molecule has 0 spiro atoms. The van der Waals surface area contributed by atoms with E-state index < -0.39 is 0 Å². The zero-order chi connectivity index (χ0) is 14.6. The summed E-state index contributed by atoms with van der Waals surface area (Å²) in [6, 6.07) is 5.97. The summed E-state index contributed by atoms with van der Waals surface area (Å²) in [7, 11) is 0. The number of hydrogen-bond acceptors (Lipinski definition) is 3. The van der Waals surface area contributed by atoms with Crippen LogP contribution in [0.25, 0.3) is 0 Å². The van der Waals surface area contributed by atoms with Gasteiger partial charge in [-0.05, 0) is 44.2 Å². The van der Waals surface area contributed by atoms with Crippen LogP contribution in [0.2, 0.25) is 0 Å². The lowest BCUT2D eigenvalue weighted by Crippen LogP contribution is -2.29. The Hall–Kier alpha value is -1.38. The van der Waals surface area contributed by atoms with Gasteiger partial charge in [0, 0.05) is 6.54 Å². The number of nitrogens with two attached hydrogens (primary N) is 1. The molecule has 3 nitrogen and oxygen atoms in total. The molecular formula is C17H28N2O. The predicted molar refractivity (Wildman–Crippen MR) is 86.3 cm³/mol. The SMILES string of the molecule is CC(C)Oc1cccc(NCC2(C)CCCCC2)c1N. The molecular weight excluding hydrogens is 248 g/mol. The van der Waals surface area contributed by atoms with Crippen molar-refractivity contribution in [2.24, 2.45) is 5.41 Å². The summed E-state index contributed by atoms with van der Waals surface area (Å²) in [6.45, 7) is 7.40. The van der Waals surface area contributed by atoms with E-state index in [9.17, 15) is 0 Å². The molecule has 1 aliphatic rings. The third-order valence-corrected chi connectivity index (χ3v) is 4.20. The number of nitrogens with one attached hydrogen (secondary N) is 1. The van der Waals surface area contributed by atoms with Crippen molar-refractivity contribution in [2.45, 2.75) is 59.0 Å². The van der Waals surface area contributed by atoms with Crippen molar-refractivity contribution in [3.05, 3.63) is 18.2 Å². The Bertz CT molecular complexity index is 437. The summed E-state index contributed by atoms with van der Waals surface area (Å²) < 4.78 is 5.74. The van der Waals surface area contributed by atoms with E-state index in [1.807, 2.05) is 32.0 Å². The van der Waals surface area contributed by atoms with Gasteiger partial charge in [-0.1, -0.05) is 32.3 Å². The van der Waals surface area contributed by atoms with E-state index >= 15 is 0 Å². The molecule has 0 unspecified atom stereocenters. The maximum atomic E-state index is 6.20. The molecule has 1 aromatic rings. The van der Waals surface area contributed by atoms with Crippen LogP contribution in [0.4, 0.5) is 11.4 Å². The van der Waals surface area contributed by atoms with Gasteiger partial charge in [-0.25, -0.2) is 0 Å². The molecule has 3 N–H and O–H groups in total. The molecule has 3 heteroatoms. The maximum absolute atomic E-state index is 6.20. The Balaban J connectivity index is 2.02. The Morgan fingerprint density at radius 1 is 1.25 bits per heavy atom. The second kappa shape index (κ2) is 6.38. The highest BCUT2D eigenvalue weighted by Crippen LogP contribution is 2.37. The maximum Gasteiger partial charge on any atom is 0.144 e. The molecule has 1 aromatic carbocycles. The second-order valence-corrected chi connectivity index (χ2v) is 6.61. The number of nitrogen functional groups attached to an aromatic ring is 1. The zero-order valence-corrected chi connectivity index (χ0v) is 13.0. The number of anilines is 2. The van der Waals surface area contributed by atoms with Crippen LogP contribution in [-0.4, -0.2) is 12.6 Å². The minimum atomic E-state index is 0.142. The summed E-state index contributed by atoms with van der Waals surface area (Å²) in [5, 5.41) is 3.53. The van der Waals surface area contributed by atoms with Crippen molar-refractivity contribution in [1.29, 1.82) is 0 Å². The Morgan fingerprint density at radius 3 is 2.60 bits per heavy atom. The van der Waals surface area contributed by atoms with Crippen molar-refractivity contribution in [1.82, 2.24) is 0 Å². The number of para-hydroxylation sites is 1. The molecule has 0 aromatic heterocycles. The second-order valence-electron chi connectivity index (χ2n) is 6.61. The van der Waals surface area contributed by atoms with E-state index in [1.54, 1.807) is 0 Å². The Kier molecular flexibility index (Phi) is 4.79. The smallest absolute Gasteiger partial charge is 0.144 e. The fraction of sp³-hybridized carbons (Fsp3) is 0.647. The topological polar surface area (TPSA) is 47.3 Å². The first-order valence-corrected chi connectivity index (χ1v) is 7.79. The quantitative estimate of drug-likeness (QED) is 0.782. The molecule has 1 saturated carbocycles. The first kappa shape index (κ1) is 15.0. The largest absolute Gasteiger partial charge is 0.489 e. The lowest BCUT2D eigenvalue weighted by atomic mass is 9.76. The molecule has 20 heavy (non-hydrogen) atoms. The van der Waals surface area contributed by atoms with Crippen LogP contribution in [0.1, 0.15) is 52.9 Å². The number of ether oxygens (including phenoxy) is 1. The van der Waals surface area contributed by atoms with E-state index in [-0.39, 0.29) is 6.10 Å². The Labute approximate surface area is 122 Å². The van der Waals surface area contributed by atoms with Gasteiger partial charge in [0.05, 0.1) is 17.5 Å². The zero-order valence-electron chi connectivity index (χ0n) is 13.0. The van der Waals surface area contributed by atoms with E-state index in [4.69, 9.17) is 10.5 Å². The number of benzene rings is 1. The third-order valence-electron chi connectivity index (χ3n) is 4.20. The Morgan fingerprint density at radius 2 is 1.95 bits per heavy atom. The number of rotatable bonds is 5. The van der Waals surface area contributed by atoms with Crippen LogP contribution in [0, 0.1) is 5.41 Å². The monoisotopic (exact) mass is 276 g/mol.